The summed E-state index contributed by atoms with van der Waals surface area (Å²) in [6, 6.07) is 48.9. The minimum Gasteiger partial charge on any atom is -0.497 e. The van der Waals surface area contributed by atoms with E-state index in [9.17, 15) is 0 Å². The van der Waals surface area contributed by atoms with E-state index in [1.54, 1.807) is 28.4 Å². The van der Waals surface area contributed by atoms with Crippen molar-refractivity contribution in [3.8, 4) is 58.2 Å². The number of ether oxygens (including phenoxy) is 6. The van der Waals surface area contributed by atoms with Crippen LogP contribution in [0.4, 0.5) is 0 Å². The van der Waals surface area contributed by atoms with Gasteiger partial charge in [0.2, 0.25) is 0 Å². The second-order valence-corrected chi connectivity index (χ2v) is 12.3. The third-order valence-electron chi connectivity index (χ3n) is 9.08. The minimum atomic E-state index is 0.0294. The van der Waals surface area contributed by atoms with Crippen molar-refractivity contribution in [2.75, 3.05) is 41.7 Å². The van der Waals surface area contributed by atoms with E-state index in [4.69, 9.17) is 28.4 Å². The quantitative estimate of drug-likeness (QED) is 0.0828. The molecule has 0 radical (unpaired) electrons. The molecule has 0 aliphatic carbocycles. The van der Waals surface area contributed by atoms with Gasteiger partial charge in [0.15, 0.2) is 0 Å². The Morgan fingerprint density at radius 3 is 0.722 bits per heavy atom. The summed E-state index contributed by atoms with van der Waals surface area (Å²) in [7, 11) is 6.69. The van der Waals surface area contributed by atoms with E-state index in [-0.39, 0.29) is 25.0 Å². The Morgan fingerprint density at radius 1 is 0.315 bits per heavy atom. The molecule has 0 atom stereocenters. The lowest BCUT2D eigenvalue weighted by Gasteiger charge is -2.20. The molecule has 6 aromatic carbocycles. The van der Waals surface area contributed by atoms with Gasteiger partial charge < -0.3 is 28.4 Å². The van der Waals surface area contributed by atoms with Crippen LogP contribution < -0.4 is 28.4 Å². The van der Waals surface area contributed by atoms with E-state index in [2.05, 4.69) is 96.5 Å². The van der Waals surface area contributed by atoms with Crippen molar-refractivity contribution in [1.82, 2.24) is 0 Å². The molecule has 6 nitrogen and oxygen atoms in total. The number of rotatable bonds is 14. The van der Waals surface area contributed by atoms with Crippen LogP contribution in [0.3, 0.4) is 0 Å². The van der Waals surface area contributed by atoms with Crippen LogP contribution in [0.25, 0.3) is 0 Å². The van der Waals surface area contributed by atoms with Crippen LogP contribution in [0.2, 0.25) is 0 Å². The maximum atomic E-state index is 5.89. The molecular formula is C48H42O6. The third kappa shape index (κ3) is 9.56. The van der Waals surface area contributed by atoms with Gasteiger partial charge in [0.1, 0.15) is 47.7 Å². The highest BCUT2D eigenvalue weighted by Gasteiger charge is 2.19. The first-order chi connectivity index (χ1) is 26.6. The summed E-state index contributed by atoms with van der Waals surface area (Å²) in [5, 5.41) is 0. The lowest BCUT2D eigenvalue weighted by atomic mass is 9.85. The fourth-order valence-corrected chi connectivity index (χ4v) is 6.25. The van der Waals surface area contributed by atoms with Crippen molar-refractivity contribution in [2.24, 2.45) is 0 Å². The van der Waals surface area contributed by atoms with Gasteiger partial charge in [0, 0.05) is 11.8 Å². The maximum absolute atomic E-state index is 5.89. The van der Waals surface area contributed by atoms with Crippen molar-refractivity contribution in [3.05, 3.63) is 179 Å². The molecule has 0 saturated carbocycles. The zero-order chi connectivity index (χ0) is 37.5. The van der Waals surface area contributed by atoms with Crippen LogP contribution in [0, 0.1) is 23.7 Å². The second-order valence-electron chi connectivity index (χ2n) is 12.3. The van der Waals surface area contributed by atoms with Gasteiger partial charge in [0.05, 0.1) is 28.4 Å². The van der Waals surface area contributed by atoms with Crippen LogP contribution in [0.5, 0.6) is 34.5 Å². The summed E-state index contributed by atoms with van der Waals surface area (Å²) >= 11 is 0. The number of hydrogen-bond acceptors (Lipinski definition) is 6. The topological polar surface area (TPSA) is 55.4 Å². The average Bonchev–Trinajstić information content (AvgIpc) is 3.24. The molecule has 270 valence electrons. The Hall–Kier alpha value is -6.76. The molecule has 6 aromatic rings. The smallest absolute Gasteiger partial charge is 0.150 e. The SMILES string of the molecule is COc1ccc(C(c2ccc(OC)cc2)c2ccc(OCC#CC#CCOc3ccc(C(c4ccc(OC)cc4)c4ccc(OC)cc4)cc3)cc2)cc1. The maximum Gasteiger partial charge on any atom is 0.150 e. The van der Waals surface area contributed by atoms with Crippen LogP contribution in [-0.2, 0) is 0 Å². The first-order valence-corrected chi connectivity index (χ1v) is 17.6. The lowest BCUT2D eigenvalue weighted by molar-refractivity contribution is 0.369. The van der Waals surface area contributed by atoms with E-state index in [0.29, 0.717) is 0 Å². The van der Waals surface area contributed by atoms with Gasteiger partial charge in [-0.05, 0) is 130 Å². The molecule has 6 rings (SSSR count). The lowest BCUT2D eigenvalue weighted by Crippen LogP contribution is -2.04. The molecule has 0 spiro atoms. The molecule has 0 saturated heterocycles. The number of hydrogen-bond donors (Lipinski definition) is 0. The Labute approximate surface area is 318 Å². The Bertz CT molecular complexity index is 1930. The molecule has 0 fully saturated rings. The summed E-state index contributed by atoms with van der Waals surface area (Å²) in [6.07, 6.45) is 0. The van der Waals surface area contributed by atoms with Crippen LogP contribution >= 0.6 is 0 Å². The van der Waals surface area contributed by atoms with Gasteiger partial charge in [-0.2, -0.15) is 0 Å². The summed E-state index contributed by atoms with van der Waals surface area (Å²) in [5.41, 5.74) is 6.90. The van der Waals surface area contributed by atoms with Gasteiger partial charge >= 0.3 is 0 Å². The molecule has 0 aliphatic heterocycles. The van der Waals surface area contributed by atoms with Gasteiger partial charge in [0.25, 0.3) is 0 Å². The second kappa shape index (κ2) is 18.6. The van der Waals surface area contributed by atoms with E-state index in [1.807, 2.05) is 72.8 Å². The van der Waals surface area contributed by atoms with Crippen molar-refractivity contribution < 1.29 is 28.4 Å². The Morgan fingerprint density at radius 2 is 0.519 bits per heavy atom. The highest BCUT2D eigenvalue weighted by molar-refractivity contribution is 5.48. The monoisotopic (exact) mass is 714 g/mol. The zero-order valence-electron chi connectivity index (χ0n) is 30.9. The molecular weight excluding hydrogens is 673 g/mol. The summed E-state index contributed by atoms with van der Waals surface area (Å²) in [5.74, 6) is 16.5. The van der Waals surface area contributed by atoms with Gasteiger partial charge in [-0.1, -0.05) is 72.8 Å². The molecule has 0 unspecified atom stereocenters. The fourth-order valence-electron chi connectivity index (χ4n) is 6.25. The molecule has 0 bridgehead atoms. The van der Waals surface area contributed by atoms with Crippen LogP contribution in [0.1, 0.15) is 45.2 Å². The Kier molecular flexibility index (Phi) is 12.8. The fraction of sp³-hybridized carbons (Fsp3) is 0.167. The van der Waals surface area contributed by atoms with Crippen molar-refractivity contribution in [3.63, 3.8) is 0 Å². The zero-order valence-corrected chi connectivity index (χ0v) is 30.9. The van der Waals surface area contributed by atoms with Gasteiger partial charge in [-0.3, -0.25) is 0 Å². The minimum absolute atomic E-state index is 0.0294. The molecule has 0 aliphatic rings. The normalized spacial score (nSPS) is 10.4. The summed E-state index contributed by atoms with van der Waals surface area (Å²) in [4.78, 5) is 0. The number of benzene rings is 6. The van der Waals surface area contributed by atoms with E-state index < -0.39 is 0 Å². The predicted octanol–water partition coefficient (Wildman–Crippen LogP) is 9.55. The molecule has 0 N–H and O–H groups in total. The Balaban J connectivity index is 1.03. The summed E-state index contributed by atoms with van der Waals surface area (Å²) < 4.78 is 33.3. The van der Waals surface area contributed by atoms with E-state index >= 15 is 0 Å². The molecule has 0 aromatic heterocycles. The van der Waals surface area contributed by atoms with E-state index in [0.717, 1.165) is 67.9 Å². The first kappa shape index (κ1) is 37.0. The predicted molar refractivity (Wildman–Crippen MR) is 213 cm³/mol. The van der Waals surface area contributed by atoms with Gasteiger partial charge in [-0.25, -0.2) is 0 Å². The largest absolute Gasteiger partial charge is 0.497 e. The van der Waals surface area contributed by atoms with Crippen molar-refractivity contribution in [2.45, 2.75) is 11.8 Å². The average molecular weight is 715 g/mol. The number of methoxy groups -OCH3 is 4. The highest BCUT2D eigenvalue weighted by Crippen LogP contribution is 2.36. The standard InChI is InChI=1S/C48H42O6/c1-49-41-21-9-35(10-22-41)47(36-11-23-42(50-2)24-12-36)39-17-29-45(30-18-39)53-33-7-5-6-8-34-54-46-31-19-40(20-32-46)48(37-13-25-43(51-3)26-14-37)38-15-27-44(52-4)28-16-38/h9-32,47-48H,33-34H2,1-4H3. The molecule has 0 amide bonds. The van der Waals surface area contributed by atoms with Gasteiger partial charge in [-0.15, -0.1) is 0 Å². The van der Waals surface area contributed by atoms with Crippen LogP contribution in [0.15, 0.2) is 146 Å². The molecule has 54 heavy (non-hydrogen) atoms. The summed E-state index contributed by atoms with van der Waals surface area (Å²) in [6.45, 7) is 0.445. The van der Waals surface area contributed by atoms with Crippen molar-refractivity contribution in [1.29, 1.82) is 0 Å². The molecule has 0 heterocycles. The molecule has 6 heteroatoms. The first-order valence-electron chi connectivity index (χ1n) is 17.6. The van der Waals surface area contributed by atoms with E-state index in [1.165, 1.54) is 0 Å². The third-order valence-corrected chi connectivity index (χ3v) is 9.08. The van der Waals surface area contributed by atoms with Crippen LogP contribution in [-0.4, -0.2) is 41.7 Å². The van der Waals surface area contributed by atoms with Crippen molar-refractivity contribution >= 4 is 0 Å². The highest BCUT2D eigenvalue weighted by atomic mass is 16.5.